The van der Waals surface area contributed by atoms with Gasteiger partial charge in [-0.3, -0.25) is 0 Å². The molecule has 0 N–H and O–H groups in total. The highest BCUT2D eigenvalue weighted by molar-refractivity contribution is 5.38. The van der Waals surface area contributed by atoms with Crippen molar-refractivity contribution in [1.82, 2.24) is 0 Å². The van der Waals surface area contributed by atoms with E-state index in [4.69, 9.17) is 6.58 Å². The lowest BCUT2D eigenvalue weighted by molar-refractivity contribution is 0.652. The third-order valence-corrected chi connectivity index (χ3v) is 0.849. The standard InChI is InChI=1S/C7H5F/c1-6-3-2-4-7(8)5-6/h1-5H. The molecule has 0 saturated carbocycles. The van der Waals surface area contributed by atoms with Crippen LogP contribution in [0.5, 0.6) is 0 Å². The Kier molecular flexibility index (Phi) is 1.15. The highest BCUT2D eigenvalue weighted by Crippen LogP contribution is 2.12. The second kappa shape index (κ2) is 1.81. The molecule has 0 fully saturated rings. The zero-order valence-corrected chi connectivity index (χ0v) is 4.26. The van der Waals surface area contributed by atoms with E-state index in [-0.39, 0.29) is 5.83 Å². The van der Waals surface area contributed by atoms with Gasteiger partial charge < -0.3 is 0 Å². The minimum absolute atomic E-state index is 0.287. The fraction of sp³-hybridized carbons (Fsp3) is 0. The number of halogens is 1. The Bertz CT molecular complexity index is 163. The van der Waals surface area contributed by atoms with Crippen molar-refractivity contribution in [3.8, 4) is 0 Å². The van der Waals surface area contributed by atoms with E-state index in [9.17, 15) is 4.39 Å². The van der Waals surface area contributed by atoms with Crippen LogP contribution in [0.2, 0.25) is 0 Å². The summed E-state index contributed by atoms with van der Waals surface area (Å²) in [4.78, 5) is 0. The lowest BCUT2D eigenvalue weighted by atomic mass is 10.1. The number of hydrogen-bond acceptors (Lipinski definition) is 0. The van der Waals surface area contributed by atoms with Gasteiger partial charge in [0.1, 0.15) is 0 Å². The molecule has 1 heteroatoms. The zero-order chi connectivity index (χ0) is 5.98. The number of rotatable bonds is 0. The van der Waals surface area contributed by atoms with Gasteiger partial charge in [0.2, 0.25) is 0 Å². The maximum Gasteiger partial charge on any atom is 0.0174 e. The molecule has 0 aromatic carbocycles. The minimum Gasteiger partial charge on any atom is -0.236 e. The highest BCUT2D eigenvalue weighted by Gasteiger charge is 1.88. The Morgan fingerprint density at radius 1 is 1.62 bits per heavy atom. The number of hydrogen-bond donors (Lipinski definition) is 0. The van der Waals surface area contributed by atoms with Crippen molar-refractivity contribution < 1.29 is 4.39 Å². The molecule has 0 aromatic heterocycles. The monoisotopic (exact) mass is 108 g/mol. The first-order chi connectivity index (χ1) is 3.79. The topological polar surface area (TPSA) is 0 Å². The fourth-order valence-corrected chi connectivity index (χ4v) is 0.507. The molecule has 0 saturated heterocycles. The first-order valence-corrected chi connectivity index (χ1v) is 2.30. The number of allylic oxidation sites excluding steroid dienone is 5. The van der Waals surface area contributed by atoms with Crippen LogP contribution in [0.4, 0.5) is 4.39 Å². The van der Waals surface area contributed by atoms with Gasteiger partial charge in [-0.1, -0.05) is 6.58 Å². The van der Waals surface area contributed by atoms with E-state index in [1.807, 2.05) is 0 Å². The summed E-state index contributed by atoms with van der Waals surface area (Å²) in [6, 6.07) is 0. The SMILES string of the molecule is [CH+]=C1C=C[CH-]C(F)=C1. The van der Waals surface area contributed by atoms with Gasteiger partial charge >= 0.3 is 0 Å². The molecule has 1 aliphatic rings. The summed E-state index contributed by atoms with van der Waals surface area (Å²) in [6.07, 6.45) is 5.85. The van der Waals surface area contributed by atoms with Gasteiger partial charge in [-0.2, -0.15) is 6.08 Å². The van der Waals surface area contributed by atoms with Crippen molar-refractivity contribution in [3.05, 3.63) is 42.6 Å². The lowest BCUT2D eigenvalue weighted by Gasteiger charge is -2.05. The Hall–Kier alpha value is -1.07. The Morgan fingerprint density at radius 3 is 2.75 bits per heavy atom. The quantitative estimate of drug-likeness (QED) is 0.416. The van der Waals surface area contributed by atoms with Crippen molar-refractivity contribution >= 4 is 0 Å². The molecule has 0 atom stereocenters. The molecule has 0 nitrogen and oxygen atoms in total. The smallest absolute Gasteiger partial charge is 0.0174 e. The molecule has 8 heavy (non-hydrogen) atoms. The van der Waals surface area contributed by atoms with E-state index in [1.54, 1.807) is 12.2 Å². The van der Waals surface area contributed by atoms with Gasteiger partial charge in [-0.05, 0) is 5.57 Å². The van der Waals surface area contributed by atoms with Gasteiger partial charge in [-0.15, -0.1) is 18.6 Å². The summed E-state index contributed by atoms with van der Waals surface area (Å²) < 4.78 is 12.1. The summed E-state index contributed by atoms with van der Waals surface area (Å²) in [5, 5.41) is 0. The second-order valence-corrected chi connectivity index (χ2v) is 1.56. The Morgan fingerprint density at radius 2 is 2.38 bits per heavy atom. The van der Waals surface area contributed by atoms with Crippen molar-refractivity contribution in [2.24, 2.45) is 0 Å². The van der Waals surface area contributed by atoms with Crippen LogP contribution in [0.25, 0.3) is 0 Å². The summed E-state index contributed by atoms with van der Waals surface area (Å²) in [5.74, 6) is -0.287. The van der Waals surface area contributed by atoms with Crippen LogP contribution in [0.3, 0.4) is 0 Å². The Balaban J connectivity index is 2.74. The van der Waals surface area contributed by atoms with Crippen molar-refractivity contribution in [2.45, 2.75) is 0 Å². The molecular weight excluding hydrogens is 103 g/mol. The average Bonchev–Trinajstić information content (AvgIpc) is 1.64. The molecule has 0 aromatic rings. The molecular formula is C7H5F. The van der Waals surface area contributed by atoms with E-state index in [2.05, 4.69) is 0 Å². The first kappa shape index (κ1) is 5.07. The van der Waals surface area contributed by atoms with E-state index in [1.165, 1.54) is 12.5 Å². The fourth-order valence-electron chi connectivity index (χ4n) is 0.507. The molecule has 1 aliphatic carbocycles. The minimum atomic E-state index is -0.287. The highest BCUT2D eigenvalue weighted by atomic mass is 19.1. The van der Waals surface area contributed by atoms with Crippen LogP contribution in [0, 0.1) is 13.0 Å². The van der Waals surface area contributed by atoms with Gasteiger partial charge in [0, 0.05) is 5.83 Å². The average molecular weight is 108 g/mol. The van der Waals surface area contributed by atoms with Crippen molar-refractivity contribution in [2.75, 3.05) is 0 Å². The molecule has 40 valence electrons. The predicted octanol–water partition coefficient (Wildman–Crippen LogP) is 1.97. The molecule has 0 unspecified atom stereocenters. The largest absolute Gasteiger partial charge is 0.236 e. The second-order valence-electron chi connectivity index (χ2n) is 1.56. The van der Waals surface area contributed by atoms with Crippen LogP contribution >= 0.6 is 0 Å². The van der Waals surface area contributed by atoms with Crippen LogP contribution in [0.1, 0.15) is 0 Å². The normalized spacial score (nSPS) is 17.5. The van der Waals surface area contributed by atoms with Gasteiger partial charge in [-0.25, -0.2) is 4.39 Å². The first-order valence-electron chi connectivity index (χ1n) is 2.30. The molecule has 0 radical (unpaired) electrons. The zero-order valence-electron chi connectivity index (χ0n) is 4.26. The molecule has 0 amide bonds. The molecule has 1 rings (SSSR count). The van der Waals surface area contributed by atoms with Gasteiger partial charge in [0.05, 0.1) is 0 Å². The molecule has 0 heterocycles. The van der Waals surface area contributed by atoms with E-state index in [0.29, 0.717) is 5.57 Å². The third-order valence-electron chi connectivity index (χ3n) is 0.849. The Labute approximate surface area is 48.0 Å². The van der Waals surface area contributed by atoms with Gasteiger partial charge in [0.15, 0.2) is 0 Å². The molecule has 0 aliphatic heterocycles. The summed E-state index contributed by atoms with van der Waals surface area (Å²) >= 11 is 0. The summed E-state index contributed by atoms with van der Waals surface area (Å²) in [6.45, 7) is 5.22. The van der Waals surface area contributed by atoms with E-state index < -0.39 is 0 Å². The summed E-state index contributed by atoms with van der Waals surface area (Å²) in [5.41, 5.74) is 0.463. The molecule has 0 bridgehead atoms. The van der Waals surface area contributed by atoms with Crippen molar-refractivity contribution in [1.29, 1.82) is 0 Å². The van der Waals surface area contributed by atoms with Crippen LogP contribution < -0.4 is 0 Å². The van der Waals surface area contributed by atoms with E-state index >= 15 is 0 Å². The van der Waals surface area contributed by atoms with Gasteiger partial charge in [0.25, 0.3) is 0 Å². The maximum atomic E-state index is 12.1. The van der Waals surface area contributed by atoms with Crippen LogP contribution in [0.15, 0.2) is 29.6 Å². The van der Waals surface area contributed by atoms with Crippen LogP contribution in [-0.2, 0) is 0 Å². The van der Waals surface area contributed by atoms with Crippen molar-refractivity contribution in [3.63, 3.8) is 0 Å². The predicted molar refractivity (Wildman–Crippen MR) is 30.4 cm³/mol. The van der Waals surface area contributed by atoms with E-state index in [0.717, 1.165) is 0 Å². The maximum absolute atomic E-state index is 12.1. The molecule has 0 spiro atoms. The lowest BCUT2D eigenvalue weighted by Crippen LogP contribution is -1.80. The van der Waals surface area contributed by atoms with Crippen LogP contribution in [-0.4, -0.2) is 0 Å². The third kappa shape index (κ3) is 0.955. The summed E-state index contributed by atoms with van der Waals surface area (Å²) in [7, 11) is 0.